The van der Waals surface area contributed by atoms with Crippen molar-refractivity contribution in [2.45, 2.75) is 6.92 Å². The lowest BCUT2D eigenvalue weighted by Crippen LogP contribution is -2.11. The second-order valence-electron chi connectivity index (χ2n) is 6.96. The number of methoxy groups -OCH3 is 1. The Labute approximate surface area is 191 Å². The molecule has 32 heavy (non-hydrogen) atoms. The van der Waals surface area contributed by atoms with Crippen molar-refractivity contribution in [3.63, 3.8) is 0 Å². The van der Waals surface area contributed by atoms with Gasteiger partial charge in [-0.05, 0) is 42.8 Å². The summed E-state index contributed by atoms with van der Waals surface area (Å²) in [6, 6.07) is 13.1. The van der Waals surface area contributed by atoms with Crippen LogP contribution in [0.15, 0.2) is 63.0 Å². The number of ether oxygens (including phenoxy) is 1. The van der Waals surface area contributed by atoms with E-state index >= 15 is 0 Å². The van der Waals surface area contributed by atoms with Crippen LogP contribution in [-0.4, -0.2) is 23.2 Å². The molecule has 0 bridgehead atoms. The molecule has 0 saturated heterocycles. The van der Waals surface area contributed by atoms with Gasteiger partial charge in [0.1, 0.15) is 28.4 Å². The van der Waals surface area contributed by atoms with E-state index in [1.54, 1.807) is 14.0 Å². The van der Waals surface area contributed by atoms with Crippen molar-refractivity contribution in [3.05, 3.63) is 70.4 Å². The number of halogens is 1. The quantitative estimate of drug-likeness (QED) is 0.321. The molecule has 5 rings (SSSR count). The van der Waals surface area contributed by atoms with Crippen molar-refractivity contribution in [2.24, 2.45) is 0 Å². The van der Waals surface area contributed by atoms with E-state index in [2.05, 4.69) is 15.5 Å². The van der Waals surface area contributed by atoms with Gasteiger partial charge >= 0.3 is 0 Å². The molecule has 0 radical (unpaired) electrons. The highest BCUT2D eigenvalue weighted by Gasteiger charge is 2.21. The van der Waals surface area contributed by atoms with Crippen molar-refractivity contribution in [3.8, 4) is 28.3 Å². The zero-order chi connectivity index (χ0) is 22.2. The third-order valence-corrected chi connectivity index (χ3v) is 5.99. The van der Waals surface area contributed by atoms with Crippen molar-refractivity contribution < 1.29 is 18.5 Å². The number of carbonyl (C=O) groups excluding carboxylic acids is 1. The van der Waals surface area contributed by atoms with Gasteiger partial charge in [-0.1, -0.05) is 28.9 Å². The molecule has 1 N–H and O–H groups in total. The third kappa shape index (κ3) is 3.63. The fourth-order valence-electron chi connectivity index (χ4n) is 3.40. The van der Waals surface area contributed by atoms with E-state index in [1.165, 1.54) is 17.5 Å². The maximum absolute atomic E-state index is 12.5. The first-order valence-electron chi connectivity index (χ1n) is 9.58. The predicted octanol–water partition coefficient (Wildman–Crippen LogP) is 6.43. The van der Waals surface area contributed by atoms with Crippen LogP contribution in [0.1, 0.15) is 16.1 Å². The smallest absolute Gasteiger partial charge is 0.262 e. The van der Waals surface area contributed by atoms with Crippen LogP contribution in [0.4, 0.5) is 5.13 Å². The molecule has 2 aromatic carbocycles. The van der Waals surface area contributed by atoms with Crippen molar-refractivity contribution in [1.29, 1.82) is 0 Å². The minimum atomic E-state index is -0.336. The van der Waals surface area contributed by atoms with E-state index in [-0.39, 0.29) is 5.91 Å². The first-order valence-corrected chi connectivity index (χ1v) is 10.8. The molecule has 0 aliphatic heterocycles. The number of thiazole rings is 1. The van der Waals surface area contributed by atoms with Gasteiger partial charge < -0.3 is 13.7 Å². The topological polar surface area (TPSA) is 90.4 Å². The van der Waals surface area contributed by atoms with E-state index in [4.69, 9.17) is 25.3 Å². The molecule has 5 aromatic rings. The molecule has 0 atom stereocenters. The van der Waals surface area contributed by atoms with E-state index in [0.29, 0.717) is 38.5 Å². The van der Waals surface area contributed by atoms with Crippen LogP contribution >= 0.6 is 22.9 Å². The number of amides is 1. The van der Waals surface area contributed by atoms with E-state index in [1.807, 2.05) is 47.8 Å². The Morgan fingerprint density at radius 2 is 2.00 bits per heavy atom. The summed E-state index contributed by atoms with van der Waals surface area (Å²) in [6.45, 7) is 1.68. The molecule has 0 fully saturated rings. The van der Waals surface area contributed by atoms with Crippen LogP contribution in [0.2, 0.25) is 5.02 Å². The maximum Gasteiger partial charge on any atom is 0.262 e. The van der Waals surface area contributed by atoms with Gasteiger partial charge in [0.05, 0.1) is 13.3 Å². The lowest BCUT2D eigenvalue weighted by molar-refractivity contribution is 0.102. The lowest BCUT2D eigenvalue weighted by Gasteiger charge is -2.04. The molecule has 9 heteroatoms. The SMILES string of the molecule is COc1ccc2oc(-c3csc(NC(=O)c4cnoc4C)n3)c(-c3ccc(Cl)cc3)c2c1. The van der Waals surface area contributed by atoms with Gasteiger partial charge in [0.15, 0.2) is 10.9 Å². The summed E-state index contributed by atoms with van der Waals surface area (Å²) < 4.78 is 16.6. The fourth-order valence-corrected chi connectivity index (χ4v) is 4.22. The van der Waals surface area contributed by atoms with Crippen LogP contribution in [0.25, 0.3) is 33.6 Å². The number of hydrogen-bond donors (Lipinski definition) is 1. The summed E-state index contributed by atoms with van der Waals surface area (Å²) in [5.74, 6) is 1.41. The largest absolute Gasteiger partial charge is 0.497 e. The molecule has 160 valence electrons. The molecular formula is C23H16ClN3O4S. The number of aromatic nitrogens is 2. The second kappa shape index (κ2) is 8.14. The zero-order valence-corrected chi connectivity index (χ0v) is 18.6. The number of nitrogens with zero attached hydrogens (tertiary/aromatic N) is 2. The number of aryl methyl sites for hydroxylation is 1. The second-order valence-corrected chi connectivity index (χ2v) is 8.26. The number of benzene rings is 2. The van der Waals surface area contributed by atoms with Gasteiger partial charge in [-0.25, -0.2) is 4.98 Å². The molecule has 0 saturated carbocycles. The molecule has 0 aliphatic rings. The Balaban J connectivity index is 1.58. The van der Waals surface area contributed by atoms with Gasteiger partial charge in [0.2, 0.25) is 0 Å². The fraction of sp³-hybridized carbons (Fsp3) is 0.0870. The maximum atomic E-state index is 12.5. The standard InChI is InChI=1S/C23H16ClN3O4S/c1-12-17(10-25-31-12)22(28)27-23-26-18(11-32-23)21-20(13-3-5-14(24)6-4-13)16-9-15(29-2)7-8-19(16)30-21/h3-11H,1-2H3,(H,26,27,28). The number of hydrogen-bond acceptors (Lipinski definition) is 7. The van der Waals surface area contributed by atoms with Gasteiger partial charge in [-0.2, -0.15) is 0 Å². The van der Waals surface area contributed by atoms with Gasteiger partial charge in [0.25, 0.3) is 5.91 Å². The Kier molecular flexibility index (Phi) is 5.16. The number of carbonyl (C=O) groups is 1. The highest BCUT2D eigenvalue weighted by atomic mass is 35.5. The summed E-state index contributed by atoms with van der Waals surface area (Å²) in [5.41, 5.74) is 3.46. The van der Waals surface area contributed by atoms with Crippen molar-refractivity contribution >= 4 is 44.9 Å². The molecule has 0 aliphatic carbocycles. The summed E-state index contributed by atoms with van der Waals surface area (Å²) in [6.07, 6.45) is 1.38. The summed E-state index contributed by atoms with van der Waals surface area (Å²) in [7, 11) is 1.62. The van der Waals surface area contributed by atoms with Gasteiger partial charge in [0, 0.05) is 21.4 Å². The van der Waals surface area contributed by atoms with Crippen LogP contribution in [0, 0.1) is 6.92 Å². The lowest BCUT2D eigenvalue weighted by atomic mass is 10.0. The minimum absolute atomic E-state index is 0.336. The monoisotopic (exact) mass is 465 g/mol. The Morgan fingerprint density at radius 1 is 1.19 bits per heavy atom. The molecule has 0 unspecified atom stereocenters. The van der Waals surface area contributed by atoms with Crippen molar-refractivity contribution in [1.82, 2.24) is 10.1 Å². The predicted molar refractivity (Wildman–Crippen MR) is 124 cm³/mol. The highest BCUT2D eigenvalue weighted by Crippen LogP contribution is 2.42. The van der Waals surface area contributed by atoms with Gasteiger partial charge in [-0.3, -0.25) is 10.1 Å². The molecule has 1 amide bonds. The molecular weight excluding hydrogens is 450 g/mol. The Morgan fingerprint density at radius 3 is 2.72 bits per heavy atom. The number of furan rings is 1. The first kappa shape index (κ1) is 20.3. The molecule has 0 spiro atoms. The van der Waals surface area contributed by atoms with E-state index in [0.717, 1.165) is 22.3 Å². The van der Waals surface area contributed by atoms with Crippen molar-refractivity contribution in [2.75, 3.05) is 12.4 Å². The van der Waals surface area contributed by atoms with E-state index in [9.17, 15) is 4.79 Å². The van der Waals surface area contributed by atoms with Crippen LogP contribution < -0.4 is 10.1 Å². The van der Waals surface area contributed by atoms with Crippen LogP contribution in [0.3, 0.4) is 0 Å². The highest BCUT2D eigenvalue weighted by molar-refractivity contribution is 7.14. The summed E-state index contributed by atoms with van der Waals surface area (Å²) >= 11 is 7.40. The van der Waals surface area contributed by atoms with E-state index < -0.39 is 0 Å². The molecule has 3 aromatic heterocycles. The Bertz CT molecular complexity index is 1440. The first-order chi connectivity index (χ1) is 15.5. The van der Waals surface area contributed by atoms with Crippen LogP contribution in [0.5, 0.6) is 5.75 Å². The number of anilines is 1. The minimum Gasteiger partial charge on any atom is -0.497 e. The number of nitrogens with one attached hydrogen (secondary N) is 1. The number of rotatable bonds is 5. The summed E-state index contributed by atoms with van der Waals surface area (Å²) in [5, 5.41) is 10.2. The summed E-state index contributed by atoms with van der Waals surface area (Å²) in [4.78, 5) is 17.1. The average Bonchev–Trinajstić information content (AvgIpc) is 3.52. The average molecular weight is 466 g/mol. The number of fused-ring (bicyclic) bond motifs is 1. The molecule has 3 heterocycles. The Hall–Kier alpha value is -3.62. The third-order valence-electron chi connectivity index (χ3n) is 4.98. The normalized spacial score (nSPS) is 11.1. The zero-order valence-electron chi connectivity index (χ0n) is 17.0. The van der Waals surface area contributed by atoms with Crippen LogP contribution in [-0.2, 0) is 0 Å². The van der Waals surface area contributed by atoms with Gasteiger partial charge in [-0.15, -0.1) is 11.3 Å². The molecule has 7 nitrogen and oxygen atoms in total.